The zero-order valence-corrected chi connectivity index (χ0v) is 12.2. The number of ether oxygens (including phenoxy) is 1. The summed E-state index contributed by atoms with van der Waals surface area (Å²) in [7, 11) is 1.66. The summed E-state index contributed by atoms with van der Waals surface area (Å²) in [6, 6.07) is 0. The van der Waals surface area contributed by atoms with Gasteiger partial charge in [-0.05, 0) is 25.7 Å². The Labute approximate surface area is 115 Å². The van der Waals surface area contributed by atoms with E-state index in [2.05, 4.69) is 16.4 Å². The van der Waals surface area contributed by atoms with Crippen LogP contribution in [-0.2, 0) is 4.74 Å². The van der Waals surface area contributed by atoms with Crippen LogP contribution in [0.15, 0.2) is 16.6 Å². The minimum absolute atomic E-state index is 0. The van der Waals surface area contributed by atoms with Crippen LogP contribution in [-0.4, -0.2) is 32.8 Å². The van der Waals surface area contributed by atoms with E-state index in [1.54, 1.807) is 12.7 Å². The van der Waals surface area contributed by atoms with Crippen molar-refractivity contribution in [2.75, 3.05) is 26.8 Å². The number of guanidine groups is 1. The lowest BCUT2D eigenvalue weighted by Crippen LogP contribution is -2.32. The topological polar surface area (TPSA) is 59.6 Å². The minimum atomic E-state index is 0. The molecular formula is C11H22IN3O. The molecule has 1 aliphatic carbocycles. The Bertz CT molecular complexity index is 241. The summed E-state index contributed by atoms with van der Waals surface area (Å²) in [5, 5.41) is 3.10. The highest BCUT2D eigenvalue weighted by molar-refractivity contribution is 14.0. The van der Waals surface area contributed by atoms with Crippen LogP contribution in [0.25, 0.3) is 0 Å². The van der Waals surface area contributed by atoms with Crippen molar-refractivity contribution >= 4 is 29.9 Å². The van der Waals surface area contributed by atoms with E-state index in [1.165, 1.54) is 19.3 Å². The fraction of sp³-hybridized carbons (Fsp3) is 0.727. The average molecular weight is 339 g/mol. The zero-order chi connectivity index (χ0) is 10.9. The summed E-state index contributed by atoms with van der Waals surface area (Å²) in [5.74, 6) is 0.519. The molecule has 0 radical (unpaired) electrons. The van der Waals surface area contributed by atoms with Crippen LogP contribution in [0.2, 0.25) is 0 Å². The van der Waals surface area contributed by atoms with E-state index in [1.807, 2.05) is 0 Å². The fourth-order valence-corrected chi connectivity index (χ4v) is 1.63. The summed E-state index contributed by atoms with van der Waals surface area (Å²) in [4.78, 5) is 4.12. The molecular weight excluding hydrogens is 317 g/mol. The van der Waals surface area contributed by atoms with Crippen molar-refractivity contribution in [1.29, 1.82) is 0 Å². The van der Waals surface area contributed by atoms with Crippen molar-refractivity contribution in [3.63, 3.8) is 0 Å². The Morgan fingerprint density at radius 2 is 2.44 bits per heavy atom. The van der Waals surface area contributed by atoms with Crippen molar-refractivity contribution in [3.05, 3.63) is 11.6 Å². The lowest BCUT2D eigenvalue weighted by atomic mass is 10.2. The zero-order valence-electron chi connectivity index (χ0n) is 9.87. The molecule has 0 aromatic heterocycles. The second-order valence-electron chi connectivity index (χ2n) is 3.69. The predicted molar refractivity (Wildman–Crippen MR) is 78.3 cm³/mol. The molecule has 4 nitrogen and oxygen atoms in total. The Balaban J connectivity index is 0.00000225. The molecule has 0 saturated heterocycles. The highest BCUT2D eigenvalue weighted by Gasteiger charge is 2.03. The molecule has 0 aliphatic heterocycles. The van der Waals surface area contributed by atoms with Gasteiger partial charge in [-0.2, -0.15) is 0 Å². The monoisotopic (exact) mass is 339 g/mol. The van der Waals surface area contributed by atoms with Gasteiger partial charge in [0, 0.05) is 13.7 Å². The van der Waals surface area contributed by atoms with E-state index in [-0.39, 0.29) is 24.0 Å². The fourth-order valence-electron chi connectivity index (χ4n) is 1.63. The largest absolute Gasteiger partial charge is 0.383 e. The van der Waals surface area contributed by atoms with Gasteiger partial charge >= 0.3 is 0 Å². The molecule has 1 rings (SSSR count). The molecule has 0 aromatic carbocycles. The number of hydrogen-bond donors (Lipinski definition) is 2. The maximum absolute atomic E-state index is 5.66. The van der Waals surface area contributed by atoms with E-state index in [9.17, 15) is 0 Å². The minimum Gasteiger partial charge on any atom is -0.383 e. The van der Waals surface area contributed by atoms with Crippen molar-refractivity contribution in [2.24, 2.45) is 10.7 Å². The number of hydrogen-bond acceptors (Lipinski definition) is 2. The van der Waals surface area contributed by atoms with Crippen LogP contribution in [0.1, 0.15) is 25.7 Å². The molecule has 0 aromatic rings. The molecule has 0 heterocycles. The molecule has 1 aliphatic rings. The van der Waals surface area contributed by atoms with Gasteiger partial charge in [0.05, 0.1) is 13.2 Å². The van der Waals surface area contributed by atoms with Crippen LogP contribution in [0.3, 0.4) is 0 Å². The predicted octanol–water partition coefficient (Wildman–Crippen LogP) is 1.66. The van der Waals surface area contributed by atoms with Gasteiger partial charge in [0.25, 0.3) is 0 Å². The molecule has 16 heavy (non-hydrogen) atoms. The molecule has 0 amide bonds. The summed E-state index contributed by atoms with van der Waals surface area (Å²) in [6.45, 7) is 2.12. The number of allylic oxidation sites excluding steroid dienone is 1. The van der Waals surface area contributed by atoms with E-state index in [4.69, 9.17) is 10.5 Å². The molecule has 0 atom stereocenters. The molecule has 3 N–H and O–H groups in total. The molecule has 0 saturated carbocycles. The van der Waals surface area contributed by atoms with E-state index in [0.717, 1.165) is 13.0 Å². The smallest absolute Gasteiger partial charge is 0.188 e. The Morgan fingerprint density at radius 1 is 1.62 bits per heavy atom. The standard InChI is InChI=1S/C11H21N3O.HI/c1-15-9-8-14-11(12)13-7-6-10-4-2-3-5-10;/h4H,2-3,5-9H2,1H3,(H3,12,13,14);1H. The summed E-state index contributed by atoms with van der Waals surface area (Å²) >= 11 is 0. The maximum atomic E-state index is 5.66. The van der Waals surface area contributed by atoms with Gasteiger partial charge in [-0.3, -0.25) is 4.99 Å². The summed E-state index contributed by atoms with van der Waals surface area (Å²) in [6.07, 6.45) is 7.22. The van der Waals surface area contributed by atoms with Gasteiger partial charge in [0.15, 0.2) is 5.96 Å². The molecule has 0 spiro atoms. The van der Waals surface area contributed by atoms with Gasteiger partial charge in [-0.15, -0.1) is 24.0 Å². The first-order valence-corrected chi connectivity index (χ1v) is 5.53. The third-order valence-corrected chi connectivity index (χ3v) is 2.46. The van der Waals surface area contributed by atoms with Gasteiger partial charge < -0.3 is 15.8 Å². The third kappa shape index (κ3) is 7.05. The second-order valence-corrected chi connectivity index (χ2v) is 3.69. The van der Waals surface area contributed by atoms with Crippen molar-refractivity contribution in [1.82, 2.24) is 5.32 Å². The summed E-state index contributed by atoms with van der Waals surface area (Å²) < 4.78 is 4.88. The Morgan fingerprint density at radius 3 is 3.06 bits per heavy atom. The Hall–Kier alpha value is -0.300. The van der Waals surface area contributed by atoms with Crippen LogP contribution < -0.4 is 11.1 Å². The number of nitrogens with two attached hydrogens (primary N) is 1. The number of aliphatic imine (C=N–C) groups is 1. The lowest BCUT2D eigenvalue weighted by Gasteiger charge is -2.05. The van der Waals surface area contributed by atoms with Gasteiger partial charge in [-0.25, -0.2) is 0 Å². The van der Waals surface area contributed by atoms with Crippen molar-refractivity contribution < 1.29 is 4.74 Å². The van der Waals surface area contributed by atoms with Crippen LogP contribution >= 0.6 is 24.0 Å². The number of nitrogens with zero attached hydrogens (tertiary/aromatic N) is 1. The van der Waals surface area contributed by atoms with E-state index < -0.39 is 0 Å². The molecule has 0 bridgehead atoms. The number of methoxy groups -OCH3 is 1. The molecule has 5 heteroatoms. The Kier molecular flexibility index (Phi) is 9.71. The van der Waals surface area contributed by atoms with Gasteiger partial charge in [-0.1, -0.05) is 11.6 Å². The highest BCUT2D eigenvalue weighted by atomic mass is 127. The quantitative estimate of drug-likeness (QED) is 0.254. The van der Waals surface area contributed by atoms with Crippen LogP contribution in [0.5, 0.6) is 0 Å². The van der Waals surface area contributed by atoms with Crippen LogP contribution in [0, 0.1) is 0 Å². The van der Waals surface area contributed by atoms with Gasteiger partial charge in [0.1, 0.15) is 0 Å². The first kappa shape index (κ1) is 15.7. The van der Waals surface area contributed by atoms with Gasteiger partial charge in [0.2, 0.25) is 0 Å². The molecule has 94 valence electrons. The van der Waals surface area contributed by atoms with Crippen molar-refractivity contribution in [3.8, 4) is 0 Å². The SMILES string of the molecule is COCCN=C(N)NCCC1=CCCC1.I. The van der Waals surface area contributed by atoms with Crippen molar-refractivity contribution in [2.45, 2.75) is 25.7 Å². The van der Waals surface area contributed by atoms with Crippen LogP contribution in [0.4, 0.5) is 0 Å². The third-order valence-electron chi connectivity index (χ3n) is 2.46. The molecule has 0 fully saturated rings. The molecule has 0 unspecified atom stereocenters. The maximum Gasteiger partial charge on any atom is 0.188 e. The van der Waals surface area contributed by atoms with E-state index >= 15 is 0 Å². The lowest BCUT2D eigenvalue weighted by molar-refractivity contribution is 0.208. The average Bonchev–Trinajstić information content (AvgIpc) is 2.71. The second kappa shape index (κ2) is 9.89. The highest BCUT2D eigenvalue weighted by Crippen LogP contribution is 2.19. The first-order chi connectivity index (χ1) is 7.33. The first-order valence-electron chi connectivity index (χ1n) is 5.53. The van der Waals surface area contributed by atoms with E-state index in [0.29, 0.717) is 19.1 Å². The number of rotatable bonds is 6. The number of halogens is 1. The summed E-state index contributed by atoms with van der Waals surface area (Å²) in [5.41, 5.74) is 7.21. The number of nitrogens with one attached hydrogen (secondary N) is 1. The normalized spacial score (nSPS) is 15.6.